The van der Waals surface area contributed by atoms with Crippen LogP contribution in [-0.2, 0) is 4.74 Å². The maximum atomic E-state index is 5.85. The van der Waals surface area contributed by atoms with Crippen molar-refractivity contribution in [3.8, 4) is 0 Å². The fraction of sp³-hybridized carbons (Fsp3) is 1.00. The smallest absolute Gasteiger partial charge is 0.0831 e. The second-order valence-electron chi connectivity index (χ2n) is 6.63. The molecule has 98 valence electrons. The van der Waals surface area contributed by atoms with Crippen LogP contribution in [0.2, 0.25) is 0 Å². The van der Waals surface area contributed by atoms with Crippen molar-refractivity contribution in [1.29, 1.82) is 0 Å². The van der Waals surface area contributed by atoms with Gasteiger partial charge in [0.25, 0.3) is 0 Å². The number of likely N-dealkylation sites (N-methyl/N-ethyl adjacent to an activating group) is 1. The molecule has 3 saturated carbocycles. The van der Waals surface area contributed by atoms with Crippen molar-refractivity contribution in [2.45, 2.75) is 63.0 Å². The number of hydrogen-bond acceptors (Lipinski definition) is 2. The summed E-state index contributed by atoms with van der Waals surface area (Å²) in [6.45, 7) is 0. The summed E-state index contributed by atoms with van der Waals surface area (Å²) in [5.41, 5.74) is 0.177. The van der Waals surface area contributed by atoms with Gasteiger partial charge in [0.1, 0.15) is 0 Å². The molecule has 2 nitrogen and oxygen atoms in total. The summed E-state index contributed by atoms with van der Waals surface area (Å²) >= 11 is 0. The number of rotatable bonds is 5. The predicted molar refractivity (Wildman–Crippen MR) is 70.0 cm³/mol. The lowest BCUT2D eigenvalue weighted by molar-refractivity contribution is -0.102. The van der Waals surface area contributed by atoms with Crippen LogP contribution < -0.4 is 5.32 Å². The highest BCUT2D eigenvalue weighted by atomic mass is 16.5. The van der Waals surface area contributed by atoms with Crippen LogP contribution >= 0.6 is 0 Å². The van der Waals surface area contributed by atoms with E-state index < -0.39 is 0 Å². The first kappa shape index (κ1) is 12.0. The highest BCUT2D eigenvalue weighted by Crippen LogP contribution is 2.51. The first-order chi connectivity index (χ1) is 8.27. The molecule has 0 aromatic heterocycles. The summed E-state index contributed by atoms with van der Waals surface area (Å²) in [7, 11) is 4.03. The molecule has 3 aliphatic carbocycles. The normalized spacial score (nSPS) is 40.2. The van der Waals surface area contributed by atoms with Crippen LogP contribution in [0.5, 0.6) is 0 Å². The molecule has 17 heavy (non-hydrogen) atoms. The molecule has 3 aliphatic rings. The van der Waals surface area contributed by atoms with E-state index >= 15 is 0 Å². The second-order valence-corrected chi connectivity index (χ2v) is 6.63. The van der Waals surface area contributed by atoms with Crippen molar-refractivity contribution in [3.05, 3.63) is 0 Å². The molecule has 4 unspecified atom stereocenters. The molecule has 0 amide bonds. The number of methoxy groups -OCH3 is 1. The minimum atomic E-state index is 0.177. The Balaban J connectivity index is 1.62. The van der Waals surface area contributed by atoms with Gasteiger partial charge in [-0.05, 0) is 69.7 Å². The summed E-state index contributed by atoms with van der Waals surface area (Å²) in [6.07, 6.45) is 11.3. The molecule has 2 bridgehead atoms. The van der Waals surface area contributed by atoms with E-state index in [2.05, 4.69) is 12.4 Å². The van der Waals surface area contributed by atoms with Gasteiger partial charge in [-0.1, -0.05) is 6.42 Å². The lowest BCUT2D eigenvalue weighted by atomic mass is 9.70. The van der Waals surface area contributed by atoms with E-state index in [1.54, 1.807) is 0 Å². The van der Waals surface area contributed by atoms with Gasteiger partial charge in [-0.15, -0.1) is 0 Å². The van der Waals surface area contributed by atoms with Crippen LogP contribution in [-0.4, -0.2) is 25.8 Å². The summed E-state index contributed by atoms with van der Waals surface area (Å²) < 4.78 is 5.85. The van der Waals surface area contributed by atoms with Gasteiger partial charge in [-0.3, -0.25) is 0 Å². The van der Waals surface area contributed by atoms with E-state index in [4.69, 9.17) is 4.74 Å². The topological polar surface area (TPSA) is 21.3 Å². The zero-order valence-corrected chi connectivity index (χ0v) is 11.4. The van der Waals surface area contributed by atoms with Gasteiger partial charge in [0.2, 0.25) is 0 Å². The molecular weight excluding hydrogens is 210 g/mol. The standard InChI is InChI=1S/C15H27NO/c1-16-14(15(17-2)6-3-7-15)10-13-9-11-4-5-12(13)8-11/h11-14,16H,3-10H2,1-2H3. The lowest BCUT2D eigenvalue weighted by Crippen LogP contribution is -2.56. The van der Waals surface area contributed by atoms with Gasteiger partial charge in [0, 0.05) is 13.2 Å². The zero-order chi connectivity index (χ0) is 11.9. The van der Waals surface area contributed by atoms with Crippen molar-refractivity contribution in [1.82, 2.24) is 5.32 Å². The third kappa shape index (κ3) is 1.94. The summed E-state index contributed by atoms with van der Waals surface area (Å²) in [5.74, 6) is 3.10. The van der Waals surface area contributed by atoms with Crippen LogP contribution in [0.15, 0.2) is 0 Å². The van der Waals surface area contributed by atoms with Crippen LogP contribution in [0.25, 0.3) is 0 Å². The summed E-state index contributed by atoms with van der Waals surface area (Å²) in [5, 5.41) is 3.56. The molecule has 4 atom stereocenters. The Morgan fingerprint density at radius 2 is 2.12 bits per heavy atom. The van der Waals surface area contributed by atoms with E-state index in [0.717, 1.165) is 17.8 Å². The minimum absolute atomic E-state index is 0.177. The number of hydrogen-bond donors (Lipinski definition) is 1. The highest BCUT2D eigenvalue weighted by Gasteiger charge is 2.47. The molecule has 1 N–H and O–H groups in total. The van der Waals surface area contributed by atoms with Crippen molar-refractivity contribution in [2.75, 3.05) is 14.2 Å². The summed E-state index contributed by atoms with van der Waals surface area (Å²) in [6, 6.07) is 0.589. The third-order valence-corrected chi connectivity index (χ3v) is 6.01. The van der Waals surface area contributed by atoms with Crippen LogP contribution in [0.4, 0.5) is 0 Å². The first-order valence-electron chi connectivity index (χ1n) is 7.50. The fourth-order valence-electron chi connectivity index (χ4n) is 4.78. The Morgan fingerprint density at radius 3 is 2.53 bits per heavy atom. The molecule has 0 aromatic carbocycles. The SMILES string of the molecule is CNC(CC1CC2CCC1C2)C1(OC)CCC1. The summed E-state index contributed by atoms with van der Waals surface area (Å²) in [4.78, 5) is 0. The molecule has 0 heterocycles. The van der Waals surface area contributed by atoms with Gasteiger partial charge in [0.15, 0.2) is 0 Å². The number of ether oxygens (including phenoxy) is 1. The Kier molecular flexibility index (Phi) is 3.20. The Morgan fingerprint density at radius 1 is 1.29 bits per heavy atom. The first-order valence-corrected chi connectivity index (χ1v) is 7.50. The minimum Gasteiger partial charge on any atom is -0.377 e. The Bertz CT molecular complexity index is 269. The molecule has 3 fully saturated rings. The van der Waals surface area contributed by atoms with Gasteiger partial charge in [-0.25, -0.2) is 0 Å². The second kappa shape index (κ2) is 4.55. The van der Waals surface area contributed by atoms with E-state index in [-0.39, 0.29) is 5.60 Å². The van der Waals surface area contributed by atoms with Gasteiger partial charge in [-0.2, -0.15) is 0 Å². The molecule has 0 saturated heterocycles. The van der Waals surface area contributed by atoms with Gasteiger partial charge >= 0.3 is 0 Å². The molecule has 2 heteroatoms. The molecule has 0 radical (unpaired) electrons. The maximum absolute atomic E-state index is 5.85. The van der Waals surface area contributed by atoms with Crippen molar-refractivity contribution >= 4 is 0 Å². The average molecular weight is 237 g/mol. The molecule has 0 aliphatic heterocycles. The van der Waals surface area contributed by atoms with Crippen LogP contribution in [0.3, 0.4) is 0 Å². The van der Waals surface area contributed by atoms with Crippen LogP contribution in [0, 0.1) is 17.8 Å². The lowest BCUT2D eigenvalue weighted by Gasteiger charge is -2.47. The van der Waals surface area contributed by atoms with Crippen LogP contribution in [0.1, 0.15) is 51.4 Å². The average Bonchev–Trinajstić information content (AvgIpc) is 2.88. The Hall–Kier alpha value is -0.0800. The van der Waals surface area contributed by atoms with Crippen molar-refractivity contribution in [2.24, 2.45) is 17.8 Å². The van der Waals surface area contributed by atoms with E-state index in [1.807, 2.05) is 7.11 Å². The van der Waals surface area contributed by atoms with Gasteiger partial charge in [0.05, 0.1) is 5.60 Å². The van der Waals surface area contributed by atoms with Crippen molar-refractivity contribution < 1.29 is 4.74 Å². The predicted octanol–water partition coefficient (Wildman–Crippen LogP) is 2.97. The number of nitrogens with one attached hydrogen (secondary N) is 1. The molecule has 3 rings (SSSR count). The van der Waals surface area contributed by atoms with E-state index in [9.17, 15) is 0 Å². The third-order valence-electron chi connectivity index (χ3n) is 6.01. The van der Waals surface area contributed by atoms with E-state index in [0.29, 0.717) is 6.04 Å². The molecule has 0 aromatic rings. The Labute approximate surface area is 105 Å². The van der Waals surface area contributed by atoms with Gasteiger partial charge < -0.3 is 10.1 Å². The largest absolute Gasteiger partial charge is 0.377 e. The quantitative estimate of drug-likeness (QED) is 0.793. The zero-order valence-electron chi connectivity index (χ0n) is 11.4. The maximum Gasteiger partial charge on any atom is 0.0831 e. The van der Waals surface area contributed by atoms with E-state index in [1.165, 1.54) is 51.4 Å². The highest BCUT2D eigenvalue weighted by molar-refractivity contribution is 5.02. The molecular formula is C15H27NO. The van der Waals surface area contributed by atoms with Crippen molar-refractivity contribution in [3.63, 3.8) is 0 Å². The molecule has 0 spiro atoms. The number of fused-ring (bicyclic) bond motifs is 2. The fourth-order valence-corrected chi connectivity index (χ4v) is 4.78. The monoisotopic (exact) mass is 237 g/mol.